The van der Waals surface area contributed by atoms with Gasteiger partial charge in [0.15, 0.2) is 0 Å². The third kappa shape index (κ3) is 2.09. The molecule has 0 aliphatic heterocycles. The predicted molar refractivity (Wildman–Crippen MR) is 57.4 cm³/mol. The highest BCUT2D eigenvalue weighted by Crippen LogP contribution is 2.20. The standard InChI is InChI=1S/C7H6ClN5S/c8-5-2-1-4(14-5)3-10-7-11-6(9)12-13-7/h1-3H,(H3,9,11,12,13)/b10-3+. The number of nitrogen functional groups attached to an aromatic ring is 1. The van der Waals surface area contributed by atoms with Gasteiger partial charge < -0.3 is 5.73 Å². The molecule has 0 bridgehead atoms. The maximum absolute atomic E-state index is 5.75. The Morgan fingerprint density at radius 3 is 3.00 bits per heavy atom. The molecule has 2 aromatic rings. The van der Waals surface area contributed by atoms with E-state index in [9.17, 15) is 0 Å². The lowest BCUT2D eigenvalue weighted by atomic mass is 10.5. The first-order valence-electron chi connectivity index (χ1n) is 3.71. The molecule has 5 nitrogen and oxygen atoms in total. The van der Waals surface area contributed by atoms with Gasteiger partial charge in [0.05, 0.1) is 4.34 Å². The van der Waals surface area contributed by atoms with E-state index in [4.69, 9.17) is 17.3 Å². The van der Waals surface area contributed by atoms with E-state index in [1.165, 1.54) is 11.3 Å². The van der Waals surface area contributed by atoms with Crippen LogP contribution in [0.5, 0.6) is 0 Å². The van der Waals surface area contributed by atoms with Crippen molar-refractivity contribution >= 4 is 41.0 Å². The van der Waals surface area contributed by atoms with Crippen molar-refractivity contribution in [2.24, 2.45) is 4.99 Å². The lowest BCUT2D eigenvalue weighted by molar-refractivity contribution is 1.09. The van der Waals surface area contributed by atoms with Gasteiger partial charge in [-0.05, 0) is 12.1 Å². The highest BCUT2D eigenvalue weighted by atomic mass is 35.5. The molecule has 2 rings (SSSR count). The number of aliphatic imine (C=N–C) groups is 1. The number of nitrogens with two attached hydrogens (primary N) is 1. The van der Waals surface area contributed by atoms with E-state index in [2.05, 4.69) is 20.2 Å². The zero-order chi connectivity index (χ0) is 9.97. The first-order chi connectivity index (χ1) is 6.74. The number of aromatic nitrogens is 3. The number of H-pyrrole nitrogens is 1. The largest absolute Gasteiger partial charge is 0.368 e. The van der Waals surface area contributed by atoms with Gasteiger partial charge in [-0.15, -0.1) is 16.4 Å². The van der Waals surface area contributed by atoms with Crippen molar-refractivity contribution in [1.29, 1.82) is 0 Å². The Morgan fingerprint density at radius 2 is 2.43 bits per heavy atom. The van der Waals surface area contributed by atoms with Crippen LogP contribution < -0.4 is 5.73 Å². The number of rotatable bonds is 2. The number of halogens is 1. The van der Waals surface area contributed by atoms with Gasteiger partial charge in [0.1, 0.15) is 0 Å². The molecule has 0 aliphatic carbocycles. The van der Waals surface area contributed by atoms with Crippen LogP contribution in [0.4, 0.5) is 11.9 Å². The van der Waals surface area contributed by atoms with Crippen LogP contribution in [0.1, 0.15) is 4.88 Å². The molecule has 7 heteroatoms. The van der Waals surface area contributed by atoms with Crippen molar-refractivity contribution < 1.29 is 0 Å². The van der Waals surface area contributed by atoms with Crippen molar-refractivity contribution in [3.8, 4) is 0 Å². The van der Waals surface area contributed by atoms with Crippen molar-refractivity contribution in [2.75, 3.05) is 5.73 Å². The summed E-state index contributed by atoms with van der Waals surface area (Å²) >= 11 is 7.18. The summed E-state index contributed by atoms with van der Waals surface area (Å²) in [4.78, 5) is 8.76. The lowest BCUT2D eigenvalue weighted by Gasteiger charge is -1.80. The van der Waals surface area contributed by atoms with Gasteiger partial charge in [-0.2, -0.15) is 4.98 Å². The van der Waals surface area contributed by atoms with Crippen molar-refractivity contribution in [1.82, 2.24) is 15.2 Å². The normalized spacial score (nSPS) is 11.2. The fourth-order valence-corrected chi connectivity index (χ4v) is 1.77. The van der Waals surface area contributed by atoms with Crippen LogP contribution in [0, 0.1) is 0 Å². The monoisotopic (exact) mass is 227 g/mol. The molecule has 0 atom stereocenters. The van der Waals surface area contributed by atoms with E-state index in [1.807, 2.05) is 6.07 Å². The van der Waals surface area contributed by atoms with Crippen molar-refractivity contribution in [3.05, 3.63) is 21.3 Å². The Balaban J connectivity index is 2.14. The molecule has 2 aromatic heterocycles. The smallest absolute Gasteiger partial charge is 0.269 e. The van der Waals surface area contributed by atoms with E-state index < -0.39 is 0 Å². The van der Waals surface area contributed by atoms with Crippen molar-refractivity contribution in [3.63, 3.8) is 0 Å². The van der Waals surface area contributed by atoms with Gasteiger partial charge in [-0.1, -0.05) is 11.6 Å². The minimum Gasteiger partial charge on any atom is -0.368 e. The minimum absolute atomic E-state index is 0.251. The SMILES string of the molecule is Nc1nc(/N=C/c2ccc(Cl)s2)n[nH]1. The van der Waals surface area contributed by atoms with Crippen LogP contribution in [0.2, 0.25) is 4.34 Å². The number of nitrogens with zero attached hydrogens (tertiary/aromatic N) is 3. The molecule has 0 unspecified atom stereocenters. The van der Waals surface area contributed by atoms with Gasteiger partial charge in [0.2, 0.25) is 5.95 Å². The number of hydrogen-bond donors (Lipinski definition) is 2. The molecule has 0 radical (unpaired) electrons. The molecule has 0 spiro atoms. The highest BCUT2D eigenvalue weighted by molar-refractivity contribution is 7.17. The number of anilines is 1. The molecule has 0 amide bonds. The summed E-state index contributed by atoms with van der Waals surface area (Å²) in [5.74, 6) is 0.563. The zero-order valence-corrected chi connectivity index (χ0v) is 8.51. The van der Waals surface area contributed by atoms with Crippen LogP contribution in [-0.4, -0.2) is 21.4 Å². The number of thiophene rings is 1. The summed E-state index contributed by atoms with van der Waals surface area (Å²) in [6, 6.07) is 3.67. The second-order valence-electron chi connectivity index (χ2n) is 2.42. The summed E-state index contributed by atoms with van der Waals surface area (Å²) in [5, 5.41) is 6.24. The minimum atomic E-state index is 0.251. The van der Waals surface area contributed by atoms with E-state index >= 15 is 0 Å². The van der Waals surface area contributed by atoms with Gasteiger partial charge >= 0.3 is 0 Å². The Morgan fingerprint density at radius 1 is 1.57 bits per heavy atom. The van der Waals surface area contributed by atoms with E-state index in [1.54, 1.807) is 12.3 Å². The van der Waals surface area contributed by atoms with Gasteiger partial charge in [0.25, 0.3) is 5.95 Å². The molecule has 14 heavy (non-hydrogen) atoms. The van der Waals surface area contributed by atoms with Crippen LogP contribution in [0.3, 0.4) is 0 Å². The number of nitrogens with one attached hydrogen (secondary N) is 1. The Hall–Kier alpha value is -1.40. The maximum atomic E-state index is 5.75. The van der Waals surface area contributed by atoms with Crippen LogP contribution in [-0.2, 0) is 0 Å². The fraction of sp³-hybridized carbons (Fsp3) is 0. The lowest BCUT2D eigenvalue weighted by Crippen LogP contribution is -1.84. The van der Waals surface area contributed by atoms with Gasteiger partial charge in [-0.3, -0.25) is 0 Å². The summed E-state index contributed by atoms with van der Waals surface area (Å²) in [6.45, 7) is 0. The predicted octanol–water partition coefficient (Wildman–Crippen LogP) is 1.85. The van der Waals surface area contributed by atoms with Crippen LogP contribution in [0.15, 0.2) is 17.1 Å². The van der Waals surface area contributed by atoms with E-state index in [0.29, 0.717) is 5.95 Å². The summed E-state index contributed by atoms with van der Waals surface area (Å²) < 4.78 is 0.723. The van der Waals surface area contributed by atoms with Gasteiger partial charge in [0, 0.05) is 11.1 Å². The number of aromatic amines is 1. The second-order valence-corrected chi connectivity index (χ2v) is 4.17. The molecule has 0 aromatic carbocycles. The number of hydrogen-bond acceptors (Lipinski definition) is 5. The first kappa shape index (κ1) is 9.17. The molecule has 0 saturated heterocycles. The average molecular weight is 228 g/mol. The Bertz CT molecular complexity index is 418. The van der Waals surface area contributed by atoms with Crippen molar-refractivity contribution in [2.45, 2.75) is 0 Å². The molecule has 0 fully saturated rings. The van der Waals surface area contributed by atoms with E-state index in [0.717, 1.165) is 9.21 Å². The summed E-state index contributed by atoms with van der Waals surface area (Å²) in [6.07, 6.45) is 1.64. The summed E-state index contributed by atoms with van der Waals surface area (Å²) in [7, 11) is 0. The first-order valence-corrected chi connectivity index (χ1v) is 4.91. The fourth-order valence-electron chi connectivity index (χ4n) is 0.842. The third-order valence-electron chi connectivity index (χ3n) is 1.39. The van der Waals surface area contributed by atoms with Crippen LogP contribution in [0.25, 0.3) is 0 Å². The third-order valence-corrected chi connectivity index (χ3v) is 2.56. The van der Waals surface area contributed by atoms with Gasteiger partial charge in [-0.25, -0.2) is 10.1 Å². The zero-order valence-electron chi connectivity index (χ0n) is 6.94. The topological polar surface area (TPSA) is 79.9 Å². The molecule has 72 valence electrons. The van der Waals surface area contributed by atoms with E-state index in [-0.39, 0.29) is 5.95 Å². The maximum Gasteiger partial charge on any atom is 0.269 e. The Labute approximate surface area is 88.6 Å². The molecular formula is C7H6ClN5S. The molecule has 0 saturated carbocycles. The second kappa shape index (κ2) is 3.77. The molecule has 3 N–H and O–H groups in total. The average Bonchev–Trinajstić information content (AvgIpc) is 2.72. The summed E-state index contributed by atoms with van der Waals surface area (Å²) in [5.41, 5.74) is 5.33. The molecular weight excluding hydrogens is 222 g/mol. The van der Waals surface area contributed by atoms with Crippen LogP contribution >= 0.6 is 22.9 Å². The quantitative estimate of drug-likeness (QED) is 0.769. The molecule has 0 aliphatic rings. The Kier molecular flexibility index (Phi) is 2.47. The molecule has 2 heterocycles. The highest BCUT2D eigenvalue weighted by Gasteiger charge is 1.97.